The number of nitrogens with one attached hydrogen (secondary N) is 1. The van der Waals surface area contributed by atoms with Crippen molar-refractivity contribution in [3.05, 3.63) is 71.8 Å². The molecule has 2 heterocycles. The highest BCUT2D eigenvalue weighted by molar-refractivity contribution is 5.97. The van der Waals surface area contributed by atoms with Gasteiger partial charge in [-0.25, -0.2) is 4.98 Å². The van der Waals surface area contributed by atoms with E-state index >= 15 is 0 Å². The van der Waals surface area contributed by atoms with Crippen molar-refractivity contribution in [3.63, 3.8) is 0 Å². The number of aromatic nitrogens is 3. The molecule has 2 aromatic carbocycles. The van der Waals surface area contributed by atoms with E-state index in [0.717, 1.165) is 33.2 Å². The fourth-order valence-electron chi connectivity index (χ4n) is 3.15. The molecule has 0 aliphatic heterocycles. The lowest BCUT2D eigenvalue weighted by Crippen LogP contribution is -2.26. The Morgan fingerprint density at radius 3 is 2.96 bits per heavy atom. The Kier molecular flexibility index (Phi) is 3.69. The Labute approximate surface area is 145 Å². The number of hydrogen-bond acceptors (Lipinski definition) is 3. The highest BCUT2D eigenvalue weighted by Crippen LogP contribution is 2.20. The van der Waals surface area contributed by atoms with E-state index in [9.17, 15) is 4.79 Å². The molecule has 1 N–H and O–H groups in total. The van der Waals surface area contributed by atoms with Crippen molar-refractivity contribution in [1.82, 2.24) is 19.9 Å². The number of benzene rings is 2. The Bertz CT molecular complexity index is 1080. The van der Waals surface area contributed by atoms with Gasteiger partial charge in [-0.05, 0) is 42.1 Å². The van der Waals surface area contributed by atoms with Crippen LogP contribution in [0.1, 0.15) is 21.7 Å². The molecular formula is C20H18N4O. The van der Waals surface area contributed by atoms with Gasteiger partial charge in [0.2, 0.25) is 0 Å². The maximum Gasteiger partial charge on any atom is 0.253 e. The normalized spacial score (nSPS) is 11.1. The number of rotatable bonds is 3. The maximum absolute atomic E-state index is 12.8. The zero-order chi connectivity index (χ0) is 17.4. The standard InChI is InChI=1S/C20H18N4O/c1-13-22-18-7-6-14(10-19(18)23-13)20(25)24(2)12-16-5-3-4-15-11-21-9-8-17(15)16/h3-11H,12H2,1-2H3,(H,22,23). The molecule has 0 aliphatic carbocycles. The number of carbonyl (C=O) groups is 1. The minimum absolute atomic E-state index is 0.0137. The lowest BCUT2D eigenvalue weighted by molar-refractivity contribution is 0.0786. The van der Waals surface area contributed by atoms with Crippen LogP contribution in [0.3, 0.4) is 0 Å². The van der Waals surface area contributed by atoms with Crippen LogP contribution in [0.25, 0.3) is 21.8 Å². The number of aromatic amines is 1. The van der Waals surface area contributed by atoms with Gasteiger partial charge in [0.25, 0.3) is 5.91 Å². The van der Waals surface area contributed by atoms with Gasteiger partial charge in [0.15, 0.2) is 0 Å². The molecule has 0 atom stereocenters. The van der Waals surface area contributed by atoms with Crippen LogP contribution in [0, 0.1) is 6.92 Å². The molecule has 5 heteroatoms. The first-order valence-electron chi connectivity index (χ1n) is 8.15. The summed E-state index contributed by atoms with van der Waals surface area (Å²) in [6, 6.07) is 13.6. The summed E-state index contributed by atoms with van der Waals surface area (Å²) in [7, 11) is 1.82. The smallest absolute Gasteiger partial charge is 0.253 e. The molecule has 1 amide bonds. The average Bonchev–Trinajstić information content (AvgIpc) is 3.00. The van der Waals surface area contributed by atoms with E-state index in [1.54, 1.807) is 11.1 Å². The molecule has 2 aromatic heterocycles. The summed E-state index contributed by atoms with van der Waals surface area (Å²) in [6.45, 7) is 2.45. The first-order valence-corrected chi connectivity index (χ1v) is 8.15. The van der Waals surface area contributed by atoms with Crippen LogP contribution in [0.5, 0.6) is 0 Å². The van der Waals surface area contributed by atoms with Crippen molar-refractivity contribution in [2.45, 2.75) is 13.5 Å². The van der Waals surface area contributed by atoms with E-state index in [1.165, 1.54) is 0 Å². The number of aryl methyl sites for hydroxylation is 1. The molecule has 0 bridgehead atoms. The molecule has 4 rings (SSSR count). The second-order valence-electron chi connectivity index (χ2n) is 6.23. The van der Waals surface area contributed by atoms with Gasteiger partial charge < -0.3 is 9.88 Å². The van der Waals surface area contributed by atoms with E-state index in [-0.39, 0.29) is 5.91 Å². The van der Waals surface area contributed by atoms with Crippen LogP contribution in [0.2, 0.25) is 0 Å². The lowest BCUT2D eigenvalue weighted by Gasteiger charge is -2.18. The summed E-state index contributed by atoms with van der Waals surface area (Å²) < 4.78 is 0. The predicted octanol–water partition coefficient (Wildman–Crippen LogP) is 3.69. The summed E-state index contributed by atoms with van der Waals surface area (Å²) >= 11 is 0. The van der Waals surface area contributed by atoms with Crippen LogP contribution in [0.15, 0.2) is 54.9 Å². The first kappa shape index (κ1) is 15.3. The van der Waals surface area contributed by atoms with Gasteiger partial charge in [-0.15, -0.1) is 0 Å². The van der Waals surface area contributed by atoms with Crippen LogP contribution in [0.4, 0.5) is 0 Å². The van der Waals surface area contributed by atoms with Gasteiger partial charge in [0.05, 0.1) is 11.0 Å². The molecular weight excluding hydrogens is 312 g/mol. The van der Waals surface area contributed by atoms with Crippen molar-refractivity contribution in [1.29, 1.82) is 0 Å². The van der Waals surface area contributed by atoms with Crippen molar-refractivity contribution in [3.8, 4) is 0 Å². The van der Waals surface area contributed by atoms with E-state index in [4.69, 9.17) is 0 Å². The van der Waals surface area contributed by atoms with Crippen LogP contribution < -0.4 is 0 Å². The Hall–Kier alpha value is -3.21. The predicted molar refractivity (Wildman–Crippen MR) is 98.4 cm³/mol. The number of H-pyrrole nitrogens is 1. The minimum Gasteiger partial charge on any atom is -0.342 e. The average molecular weight is 330 g/mol. The van der Waals surface area contributed by atoms with Crippen molar-refractivity contribution in [2.75, 3.05) is 7.05 Å². The fraction of sp³-hybridized carbons (Fsp3) is 0.150. The molecule has 0 saturated carbocycles. The quantitative estimate of drug-likeness (QED) is 0.623. The van der Waals surface area contributed by atoms with Gasteiger partial charge >= 0.3 is 0 Å². The van der Waals surface area contributed by atoms with Gasteiger partial charge in [-0.1, -0.05) is 18.2 Å². The second kappa shape index (κ2) is 6.02. The number of nitrogens with zero attached hydrogens (tertiary/aromatic N) is 3. The fourth-order valence-corrected chi connectivity index (χ4v) is 3.15. The Morgan fingerprint density at radius 1 is 1.20 bits per heavy atom. The Morgan fingerprint density at radius 2 is 2.08 bits per heavy atom. The number of carbonyl (C=O) groups excluding carboxylic acids is 1. The Balaban J connectivity index is 1.62. The van der Waals surface area contributed by atoms with E-state index < -0.39 is 0 Å². The van der Waals surface area contributed by atoms with Gasteiger partial charge in [-0.3, -0.25) is 9.78 Å². The third-order valence-electron chi connectivity index (χ3n) is 4.37. The first-order chi connectivity index (χ1) is 12.1. The highest BCUT2D eigenvalue weighted by atomic mass is 16.2. The monoisotopic (exact) mass is 330 g/mol. The third-order valence-corrected chi connectivity index (χ3v) is 4.37. The summed E-state index contributed by atoms with van der Waals surface area (Å²) in [4.78, 5) is 26.3. The zero-order valence-corrected chi connectivity index (χ0v) is 14.2. The molecule has 0 aliphatic rings. The molecule has 0 unspecified atom stereocenters. The van der Waals surface area contributed by atoms with E-state index in [1.807, 2.05) is 62.6 Å². The van der Waals surface area contributed by atoms with E-state index in [2.05, 4.69) is 15.0 Å². The van der Waals surface area contributed by atoms with Crippen molar-refractivity contribution < 1.29 is 4.79 Å². The molecule has 4 aromatic rings. The number of pyridine rings is 1. The lowest BCUT2D eigenvalue weighted by atomic mass is 10.1. The van der Waals surface area contributed by atoms with Gasteiger partial charge in [0, 0.05) is 36.9 Å². The zero-order valence-electron chi connectivity index (χ0n) is 14.2. The van der Waals surface area contributed by atoms with Crippen LogP contribution in [-0.2, 0) is 6.54 Å². The molecule has 5 nitrogen and oxygen atoms in total. The van der Waals surface area contributed by atoms with Gasteiger partial charge in [0.1, 0.15) is 5.82 Å². The highest BCUT2D eigenvalue weighted by Gasteiger charge is 2.14. The number of hydrogen-bond donors (Lipinski definition) is 1. The molecule has 25 heavy (non-hydrogen) atoms. The van der Waals surface area contributed by atoms with Crippen molar-refractivity contribution in [2.24, 2.45) is 0 Å². The summed E-state index contributed by atoms with van der Waals surface area (Å²) in [5, 5.41) is 2.20. The number of amides is 1. The summed E-state index contributed by atoms with van der Waals surface area (Å²) in [5.41, 5.74) is 3.51. The van der Waals surface area contributed by atoms with Crippen LogP contribution in [-0.4, -0.2) is 32.8 Å². The van der Waals surface area contributed by atoms with E-state index in [0.29, 0.717) is 12.1 Å². The summed E-state index contributed by atoms with van der Waals surface area (Å²) in [5.74, 6) is 0.831. The number of fused-ring (bicyclic) bond motifs is 2. The molecule has 0 saturated heterocycles. The molecule has 124 valence electrons. The minimum atomic E-state index is -0.0137. The topological polar surface area (TPSA) is 61.9 Å². The largest absolute Gasteiger partial charge is 0.342 e. The van der Waals surface area contributed by atoms with Crippen molar-refractivity contribution >= 4 is 27.7 Å². The molecule has 0 spiro atoms. The molecule has 0 radical (unpaired) electrons. The maximum atomic E-state index is 12.8. The SMILES string of the molecule is Cc1nc2ccc(C(=O)N(C)Cc3cccc4cnccc34)cc2[nH]1. The van der Waals surface area contributed by atoms with Crippen LogP contribution >= 0.6 is 0 Å². The van der Waals surface area contributed by atoms with Gasteiger partial charge in [-0.2, -0.15) is 0 Å². The third kappa shape index (κ3) is 2.85. The molecule has 0 fully saturated rings. The second-order valence-corrected chi connectivity index (χ2v) is 6.23. The number of imidazole rings is 1. The summed E-state index contributed by atoms with van der Waals surface area (Å²) in [6.07, 6.45) is 3.62.